The van der Waals surface area contributed by atoms with Crippen molar-refractivity contribution in [1.29, 1.82) is 0 Å². The Kier molecular flexibility index (Phi) is 5.86. The summed E-state index contributed by atoms with van der Waals surface area (Å²) in [6, 6.07) is 14.5. The van der Waals surface area contributed by atoms with E-state index in [2.05, 4.69) is 15.5 Å². The molecule has 3 aromatic rings. The fourth-order valence-electron chi connectivity index (χ4n) is 2.04. The number of halogens is 2. The van der Waals surface area contributed by atoms with Gasteiger partial charge < -0.3 is 10.1 Å². The van der Waals surface area contributed by atoms with Crippen LogP contribution in [0, 0.1) is 0 Å². The molecule has 128 valence electrons. The second kappa shape index (κ2) is 8.29. The molecular weight excluding hydrogens is 381 g/mol. The van der Waals surface area contributed by atoms with Gasteiger partial charge in [-0.1, -0.05) is 64.9 Å². The molecule has 0 atom stereocenters. The second-order valence-corrected chi connectivity index (χ2v) is 6.98. The predicted molar refractivity (Wildman–Crippen MR) is 99.5 cm³/mol. The molecule has 0 unspecified atom stereocenters. The SMILES string of the molecule is O=C(Cc1ccccc1)Nc1nnc(COc2ccc(Cl)cc2Cl)s1. The number of aromatic nitrogens is 2. The largest absolute Gasteiger partial charge is 0.485 e. The molecule has 8 heteroatoms. The van der Waals surface area contributed by atoms with Gasteiger partial charge in [0.25, 0.3) is 0 Å². The Morgan fingerprint density at radius 1 is 1.12 bits per heavy atom. The van der Waals surface area contributed by atoms with E-state index in [1.165, 1.54) is 11.3 Å². The Labute approximate surface area is 158 Å². The van der Waals surface area contributed by atoms with Crippen molar-refractivity contribution in [2.75, 3.05) is 5.32 Å². The van der Waals surface area contributed by atoms with Crippen molar-refractivity contribution in [3.63, 3.8) is 0 Å². The third kappa shape index (κ3) is 5.16. The monoisotopic (exact) mass is 393 g/mol. The molecule has 0 fully saturated rings. The van der Waals surface area contributed by atoms with E-state index in [0.29, 0.717) is 25.9 Å². The topological polar surface area (TPSA) is 64.1 Å². The standard InChI is InChI=1S/C17H13Cl2N3O2S/c18-12-6-7-14(13(19)9-12)24-10-16-21-22-17(25-16)20-15(23)8-11-4-2-1-3-5-11/h1-7,9H,8,10H2,(H,20,22,23). The average molecular weight is 394 g/mol. The normalized spacial score (nSPS) is 10.5. The van der Waals surface area contributed by atoms with E-state index in [1.54, 1.807) is 18.2 Å². The van der Waals surface area contributed by atoms with Crippen LogP contribution < -0.4 is 10.1 Å². The van der Waals surface area contributed by atoms with Crippen LogP contribution in [0.3, 0.4) is 0 Å². The van der Waals surface area contributed by atoms with E-state index in [9.17, 15) is 4.79 Å². The molecule has 5 nitrogen and oxygen atoms in total. The molecule has 0 saturated heterocycles. The van der Waals surface area contributed by atoms with Crippen LogP contribution in [-0.4, -0.2) is 16.1 Å². The Morgan fingerprint density at radius 3 is 2.68 bits per heavy atom. The molecule has 1 aromatic heterocycles. The average Bonchev–Trinajstić information content (AvgIpc) is 3.02. The minimum atomic E-state index is -0.143. The van der Waals surface area contributed by atoms with Gasteiger partial charge in [-0.3, -0.25) is 4.79 Å². The van der Waals surface area contributed by atoms with Gasteiger partial charge >= 0.3 is 0 Å². The summed E-state index contributed by atoms with van der Waals surface area (Å²) in [6.45, 7) is 0.202. The van der Waals surface area contributed by atoms with E-state index < -0.39 is 0 Å². The quantitative estimate of drug-likeness (QED) is 0.664. The Morgan fingerprint density at radius 2 is 1.92 bits per heavy atom. The van der Waals surface area contributed by atoms with Crippen LogP contribution in [0.1, 0.15) is 10.6 Å². The zero-order chi connectivity index (χ0) is 17.6. The van der Waals surface area contributed by atoms with Crippen molar-refractivity contribution in [3.8, 4) is 5.75 Å². The lowest BCUT2D eigenvalue weighted by atomic mass is 10.1. The third-order valence-corrected chi connectivity index (χ3v) is 4.51. The summed E-state index contributed by atoms with van der Waals surface area (Å²) in [4.78, 5) is 12.0. The van der Waals surface area contributed by atoms with E-state index in [4.69, 9.17) is 27.9 Å². The molecule has 3 rings (SSSR count). The zero-order valence-corrected chi connectivity index (χ0v) is 15.2. The number of benzene rings is 2. The molecule has 0 aliphatic rings. The summed E-state index contributed by atoms with van der Waals surface area (Å²) in [5, 5.41) is 12.7. The number of hydrogen-bond donors (Lipinski definition) is 1. The van der Waals surface area contributed by atoms with Crippen molar-refractivity contribution >= 4 is 45.6 Å². The molecule has 0 aliphatic heterocycles. The maximum absolute atomic E-state index is 12.0. The highest BCUT2D eigenvalue weighted by Gasteiger charge is 2.10. The van der Waals surface area contributed by atoms with Crippen LogP contribution >= 0.6 is 34.5 Å². The second-order valence-electron chi connectivity index (χ2n) is 5.07. The Bertz CT molecular complexity index is 871. The maximum atomic E-state index is 12.0. The van der Waals surface area contributed by atoms with Gasteiger partial charge in [-0.05, 0) is 23.8 Å². The summed E-state index contributed by atoms with van der Waals surface area (Å²) in [5.74, 6) is 0.367. The van der Waals surface area contributed by atoms with Gasteiger partial charge in [-0.2, -0.15) is 0 Å². The Balaban J connectivity index is 1.54. The minimum absolute atomic E-state index is 0.143. The molecule has 25 heavy (non-hydrogen) atoms. The molecule has 1 N–H and O–H groups in total. The summed E-state index contributed by atoms with van der Waals surface area (Å²) in [7, 11) is 0. The molecule has 0 aliphatic carbocycles. The molecule has 1 heterocycles. The van der Waals surface area contributed by atoms with Crippen LogP contribution in [0.25, 0.3) is 0 Å². The molecule has 0 bridgehead atoms. The number of amides is 1. The van der Waals surface area contributed by atoms with Crippen LogP contribution in [0.5, 0.6) is 5.75 Å². The highest BCUT2D eigenvalue weighted by atomic mass is 35.5. The fraction of sp³-hybridized carbons (Fsp3) is 0.118. The Hall–Kier alpha value is -2.15. The van der Waals surface area contributed by atoms with Gasteiger partial charge in [0.15, 0.2) is 5.01 Å². The van der Waals surface area contributed by atoms with Crippen molar-refractivity contribution in [2.45, 2.75) is 13.0 Å². The van der Waals surface area contributed by atoms with Gasteiger partial charge in [-0.15, -0.1) is 10.2 Å². The smallest absolute Gasteiger partial charge is 0.230 e. The van der Waals surface area contributed by atoms with Gasteiger partial charge in [0.2, 0.25) is 11.0 Å². The summed E-state index contributed by atoms with van der Waals surface area (Å²) in [5.41, 5.74) is 0.936. The highest BCUT2D eigenvalue weighted by molar-refractivity contribution is 7.15. The number of carbonyl (C=O) groups excluding carboxylic acids is 1. The maximum Gasteiger partial charge on any atom is 0.230 e. The number of nitrogens with zero attached hydrogens (tertiary/aromatic N) is 2. The van der Waals surface area contributed by atoms with Crippen molar-refractivity contribution < 1.29 is 9.53 Å². The molecule has 0 spiro atoms. The first-order valence-corrected chi connectivity index (χ1v) is 8.91. The van der Waals surface area contributed by atoms with Gasteiger partial charge in [0.1, 0.15) is 12.4 Å². The molecule has 1 amide bonds. The predicted octanol–water partition coefficient (Wildman–Crippen LogP) is 4.61. The lowest BCUT2D eigenvalue weighted by Crippen LogP contribution is -2.14. The van der Waals surface area contributed by atoms with Crippen molar-refractivity contribution in [3.05, 3.63) is 69.1 Å². The molecular formula is C17H13Cl2N3O2S. The fourth-order valence-corrected chi connectivity index (χ4v) is 3.17. The number of anilines is 1. The van der Waals surface area contributed by atoms with Crippen LogP contribution in [0.2, 0.25) is 10.0 Å². The van der Waals surface area contributed by atoms with E-state index in [-0.39, 0.29) is 18.9 Å². The minimum Gasteiger partial charge on any atom is -0.485 e. The number of rotatable bonds is 6. The first-order chi connectivity index (χ1) is 12.1. The first kappa shape index (κ1) is 17.7. The summed E-state index contributed by atoms with van der Waals surface area (Å²) >= 11 is 13.1. The number of carbonyl (C=O) groups is 1. The van der Waals surface area contributed by atoms with Gasteiger partial charge in [0, 0.05) is 5.02 Å². The van der Waals surface area contributed by atoms with Crippen molar-refractivity contribution in [1.82, 2.24) is 10.2 Å². The molecule has 0 radical (unpaired) electrons. The molecule has 2 aromatic carbocycles. The van der Waals surface area contributed by atoms with E-state index in [0.717, 1.165) is 5.56 Å². The van der Waals surface area contributed by atoms with E-state index >= 15 is 0 Å². The first-order valence-electron chi connectivity index (χ1n) is 7.34. The van der Waals surface area contributed by atoms with Crippen LogP contribution in [0.4, 0.5) is 5.13 Å². The molecule has 0 saturated carbocycles. The summed E-state index contributed by atoms with van der Waals surface area (Å²) in [6.07, 6.45) is 0.284. The summed E-state index contributed by atoms with van der Waals surface area (Å²) < 4.78 is 5.60. The number of ether oxygens (including phenoxy) is 1. The van der Waals surface area contributed by atoms with Crippen LogP contribution in [-0.2, 0) is 17.8 Å². The highest BCUT2D eigenvalue weighted by Crippen LogP contribution is 2.28. The third-order valence-electron chi connectivity index (χ3n) is 3.17. The van der Waals surface area contributed by atoms with Gasteiger partial charge in [0.05, 0.1) is 11.4 Å². The number of nitrogens with one attached hydrogen (secondary N) is 1. The van der Waals surface area contributed by atoms with E-state index in [1.807, 2.05) is 30.3 Å². The van der Waals surface area contributed by atoms with Crippen molar-refractivity contribution in [2.24, 2.45) is 0 Å². The lowest BCUT2D eigenvalue weighted by Gasteiger charge is -2.05. The number of hydrogen-bond acceptors (Lipinski definition) is 5. The zero-order valence-electron chi connectivity index (χ0n) is 12.9. The van der Waals surface area contributed by atoms with Crippen LogP contribution in [0.15, 0.2) is 48.5 Å². The lowest BCUT2D eigenvalue weighted by molar-refractivity contribution is -0.115. The van der Waals surface area contributed by atoms with Gasteiger partial charge in [-0.25, -0.2) is 0 Å².